The SMILES string of the molecule is CCCCCCC(C)Nc1cccc(C)c1. The molecule has 0 aliphatic heterocycles. The van der Waals surface area contributed by atoms with Crippen molar-refractivity contribution < 1.29 is 0 Å². The molecule has 1 heteroatoms. The lowest BCUT2D eigenvalue weighted by Crippen LogP contribution is -2.14. The zero-order valence-corrected chi connectivity index (χ0v) is 10.9. The molecule has 0 spiro atoms. The second-order valence-electron chi connectivity index (χ2n) is 4.76. The third-order valence-electron chi connectivity index (χ3n) is 2.92. The van der Waals surface area contributed by atoms with E-state index in [1.165, 1.54) is 43.4 Å². The van der Waals surface area contributed by atoms with E-state index in [1.807, 2.05) is 0 Å². The average molecular weight is 219 g/mol. The van der Waals surface area contributed by atoms with E-state index >= 15 is 0 Å². The minimum absolute atomic E-state index is 0.582. The van der Waals surface area contributed by atoms with E-state index in [9.17, 15) is 0 Å². The van der Waals surface area contributed by atoms with Gasteiger partial charge >= 0.3 is 0 Å². The molecule has 0 saturated heterocycles. The number of hydrogen-bond donors (Lipinski definition) is 1. The van der Waals surface area contributed by atoms with Crippen LogP contribution < -0.4 is 5.32 Å². The van der Waals surface area contributed by atoms with Crippen LogP contribution in [0.3, 0.4) is 0 Å². The molecule has 0 aliphatic rings. The first-order chi connectivity index (χ1) is 7.72. The molecule has 0 bridgehead atoms. The van der Waals surface area contributed by atoms with Gasteiger partial charge in [0.1, 0.15) is 0 Å². The van der Waals surface area contributed by atoms with Crippen molar-refractivity contribution in [2.24, 2.45) is 0 Å². The van der Waals surface area contributed by atoms with Gasteiger partial charge in [0, 0.05) is 11.7 Å². The number of hydrogen-bond acceptors (Lipinski definition) is 1. The molecule has 0 aromatic heterocycles. The van der Waals surface area contributed by atoms with Crippen LogP contribution in [0, 0.1) is 6.92 Å². The van der Waals surface area contributed by atoms with Crippen molar-refractivity contribution in [3.63, 3.8) is 0 Å². The molecule has 0 fully saturated rings. The van der Waals surface area contributed by atoms with Gasteiger partial charge in [0.25, 0.3) is 0 Å². The quantitative estimate of drug-likeness (QED) is 0.652. The van der Waals surface area contributed by atoms with Crippen LogP contribution in [0.1, 0.15) is 51.5 Å². The largest absolute Gasteiger partial charge is 0.383 e. The molecule has 0 saturated carbocycles. The molecule has 1 aromatic rings. The van der Waals surface area contributed by atoms with Gasteiger partial charge < -0.3 is 5.32 Å². The predicted molar refractivity (Wildman–Crippen MR) is 73.0 cm³/mol. The molecule has 1 nitrogen and oxygen atoms in total. The van der Waals surface area contributed by atoms with Crippen LogP contribution in [-0.4, -0.2) is 6.04 Å². The Morgan fingerprint density at radius 1 is 1.19 bits per heavy atom. The highest BCUT2D eigenvalue weighted by atomic mass is 14.9. The third-order valence-corrected chi connectivity index (χ3v) is 2.92. The molecule has 1 rings (SSSR count). The zero-order chi connectivity index (χ0) is 11.8. The highest BCUT2D eigenvalue weighted by Crippen LogP contribution is 2.13. The predicted octanol–water partition coefficient (Wildman–Crippen LogP) is 4.77. The summed E-state index contributed by atoms with van der Waals surface area (Å²) in [5, 5.41) is 3.56. The van der Waals surface area contributed by atoms with Crippen molar-refractivity contribution in [3.8, 4) is 0 Å². The lowest BCUT2D eigenvalue weighted by atomic mass is 10.1. The number of unbranched alkanes of at least 4 members (excludes halogenated alkanes) is 3. The highest BCUT2D eigenvalue weighted by Gasteiger charge is 2.01. The van der Waals surface area contributed by atoms with Gasteiger partial charge in [-0.15, -0.1) is 0 Å². The van der Waals surface area contributed by atoms with E-state index in [-0.39, 0.29) is 0 Å². The normalized spacial score (nSPS) is 12.4. The fourth-order valence-electron chi connectivity index (χ4n) is 1.97. The summed E-state index contributed by atoms with van der Waals surface area (Å²) in [5.41, 5.74) is 2.58. The fraction of sp³-hybridized carbons (Fsp3) is 0.600. The standard InChI is InChI=1S/C15H25N/c1-4-5-6-7-10-14(3)16-15-11-8-9-13(2)12-15/h8-9,11-12,14,16H,4-7,10H2,1-3H3. The second kappa shape index (κ2) is 7.32. The molecule has 1 atom stereocenters. The van der Waals surface area contributed by atoms with Gasteiger partial charge in [0.15, 0.2) is 0 Å². The number of aryl methyl sites for hydroxylation is 1. The molecule has 1 aromatic carbocycles. The van der Waals surface area contributed by atoms with Gasteiger partial charge in [-0.3, -0.25) is 0 Å². The molecule has 0 heterocycles. The van der Waals surface area contributed by atoms with Crippen molar-refractivity contribution >= 4 is 5.69 Å². The van der Waals surface area contributed by atoms with Crippen LogP contribution in [0.5, 0.6) is 0 Å². The summed E-state index contributed by atoms with van der Waals surface area (Å²) in [6.07, 6.45) is 6.68. The van der Waals surface area contributed by atoms with Crippen molar-refractivity contribution in [2.45, 2.75) is 58.9 Å². The second-order valence-corrected chi connectivity index (χ2v) is 4.76. The van der Waals surface area contributed by atoms with Crippen molar-refractivity contribution in [3.05, 3.63) is 29.8 Å². The Morgan fingerprint density at radius 2 is 2.00 bits per heavy atom. The Kier molecular flexibility index (Phi) is 5.99. The van der Waals surface area contributed by atoms with E-state index in [1.54, 1.807) is 0 Å². The third kappa shape index (κ3) is 5.20. The van der Waals surface area contributed by atoms with Crippen molar-refractivity contribution in [1.29, 1.82) is 0 Å². The summed E-state index contributed by atoms with van der Waals surface area (Å²) in [5.74, 6) is 0. The molecular weight excluding hydrogens is 194 g/mol. The van der Waals surface area contributed by atoms with Gasteiger partial charge in [-0.05, 0) is 38.0 Å². The van der Waals surface area contributed by atoms with Crippen LogP contribution in [-0.2, 0) is 0 Å². The summed E-state index contributed by atoms with van der Waals surface area (Å²) in [4.78, 5) is 0. The maximum atomic E-state index is 3.56. The number of benzene rings is 1. The monoisotopic (exact) mass is 219 g/mol. The van der Waals surface area contributed by atoms with Crippen LogP contribution in [0.15, 0.2) is 24.3 Å². The maximum absolute atomic E-state index is 3.56. The summed E-state index contributed by atoms with van der Waals surface area (Å²) >= 11 is 0. The first-order valence-corrected chi connectivity index (χ1v) is 6.55. The summed E-state index contributed by atoms with van der Waals surface area (Å²) < 4.78 is 0. The average Bonchev–Trinajstić information content (AvgIpc) is 2.24. The minimum Gasteiger partial charge on any atom is -0.383 e. The van der Waals surface area contributed by atoms with Gasteiger partial charge in [-0.2, -0.15) is 0 Å². The summed E-state index contributed by atoms with van der Waals surface area (Å²) in [7, 11) is 0. The highest BCUT2D eigenvalue weighted by molar-refractivity contribution is 5.45. The molecule has 16 heavy (non-hydrogen) atoms. The van der Waals surface area contributed by atoms with E-state index in [0.717, 1.165) is 0 Å². The van der Waals surface area contributed by atoms with Crippen LogP contribution >= 0.6 is 0 Å². The van der Waals surface area contributed by atoms with Crippen LogP contribution in [0.2, 0.25) is 0 Å². The summed E-state index contributed by atoms with van der Waals surface area (Å²) in [6.45, 7) is 6.67. The Morgan fingerprint density at radius 3 is 2.69 bits per heavy atom. The zero-order valence-electron chi connectivity index (χ0n) is 10.9. The Labute approximate surface area is 100 Å². The van der Waals surface area contributed by atoms with Crippen molar-refractivity contribution in [1.82, 2.24) is 0 Å². The smallest absolute Gasteiger partial charge is 0.0344 e. The molecular formula is C15H25N. The molecule has 0 amide bonds. The summed E-state index contributed by atoms with van der Waals surface area (Å²) in [6, 6.07) is 9.19. The number of nitrogens with one attached hydrogen (secondary N) is 1. The molecule has 0 radical (unpaired) electrons. The van der Waals surface area contributed by atoms with Gasteiger partial charge in [-0.25, -0.2) is 0 Å². The van der Waals surface area contributed by atoms with Gasteiger partial charge in [0.05, 0.1) is 0 Å². The Balaban J connectivity index is 2.25. The van der Waals surface area contributed by atoms with Gasteiger partial charge in [-0.1, -0.05) is 44.7 Å². The molecule has 0 aliphatic carbocycles. The molecule has 1 N–H and O–H groups in total. The first-order valence-electron chi connectivity index (χ1n) is 6.55. The van der Waals surface area contributed by atoms with Crippen LogP contribution in [0.25, 0.3) is 0 Å². The van der Waals surface area contributed by atoms with E-state index in [4.69, 9.17) is 0 Å². The number of anilines is 1. The van der Waals surface area contributed by atoms with E-state index < -0.39 is 0 Å². The van der Waals surface area contributed by atoms with Crippen molar-refractivity contribution in [2.75, 3.05) is 5.32 Å². The first kappa shape index (κ1) is 13.1. The van der Waals surface area contributed by atoms with E-state index in [0.29, 0.717) is 6.04 Å². The van der Waals surface area contributed by atoms with Gasteiger partial charge in [0.2, 0.25) is 0 Å². The molecule has 1 unspecified atom stereocenters. The topological polar surface area (TPSA) is 12.0 Å². The lowest BCUT2D eigenvalue weighted by molar-refractivity contribution is 0.594. The number of rotatable bonds is 7. The van der Waals surface area contributed by atoms with E-state index in [2.05, 4.69) is 50.4 Å². The lowest BCUT2D eigenvalue weighted by Gasteiger charge is -2.15. The fourth-order valence-corrected chi connectivity index (χ4v) is 1.97. The Hall–Kier alpha value is -0.980. The van der Waals surface area contributed by atoms with Crippen LogP contribution in [0.4, 0.5) is 5.69 Å². The molecule has 90 valence electrons. The Bertz CT molecular complexity index is 293. The minimum atomic E-state index is 0.582. The maximum Gasteiger partial charge on any atom is 0.0344 e.